The van der Waals surface area contributed by atoms with E-state index in [1.165, 1.54) is 18.3 Å². The standard InChI is InChI=1S/C12H14ClN3O3S/c1-14-7-9-2-3-11(6-12(9)13)20(17,18)16-8-10-4-5-15-19-10/h2-6,14,16H,7-8H2,1H3. The van der Waals surface area contributed by atoms with Crippen LogP contribution >= 0.6 is 11.6 Å². The quantitative estimate of drug-likeness (QED) is 0.844. The lowest BCUT2D eigenvalue weighted by molar-refractivity contribution is 0.380. The van der Waals surface area contributed by atoms with E-state index >= 15 is 0 Å². The highest BCUT2D eigenvalue weighted by atomic mass is 35.5. The number of sulfonamides is 1. The van der Waals surface area contributed by atoms with E-state index in [1.807, 2.05) is 0 Å². The molecule has 0 amide bonds. The highest BCUT2D eigenvalue weighted by molar-refractivity contribution is 7.89. The molecule has 0 aliphatic rings. The molecular formula is C12H14ClN3O3S. The summed E-state index contributed by atoms with van der Waals surface area (Å²) in [5.41, 5.74) is 0.836. The molecule has 2 rings (SSSR count). The first-order chi connectivity index (χ1) is 9.53. The Morgan fingerprint density at radius 1 is 1.30 bits per heavy atom. The van der Waals surface area contributed by atoms with Gasteiger partial charge in [0.25, 0.3) is 0 Å². The van der Waals surface area contributed by atoms with E-state index in [1.54, 1.807) is 19.2 Å². The predicted molar refractivity (Wildman–Crippen MR) is 74.7 cm³/mol. The molecule has 0 saturated carbocycles. The van der Waals surface area contributed by atoms with Gasteiger partial charge in [-0.05, 0) is 24.7 Å². The number of halogens is 1. The number of hydrogen-bond acceptors (Lipinski definition) is 5. The SMILES string of the molecule is CNCc1ccc(S(=O)(=O)NCc2ccno2)cc1Cl. The molecule has 0 saturated heterocycles. The molecule has 6 nitrogen and oxygen atoms in total. The first-order valence-corrected chi connectivity index (χ1v) is 7.71. The van der Waals surface area contributed by atoms with Crippen LogP contribution in [0.4, 0.5) is 0 Å². The lowest BCUT2D eigenvalue weighted by Gasteiger charge is -2.08. The van der Waals surface area contributed by atoms with E-state index in [0.717, 1.165) is 5.56 Å². The van der Waals surface area contributed by atoms with Crippen molar-refractivity contribution in [2.75, 3.05) is 7.05 Å². The van der Waals surface area contributed by atoms with Crippen molar-refractivity contribution in [3.8, 4) is 0 Å². The van der Waals surface area contributed by atoms with E-state index in [4.69, 9.17) is 16.1 Å². The third-order valence-corrected chi connectivity index (χ3v) is 4.38. The predicted octanol–water partition coefficient (Wildman–Crippen LogP) is 1.53. The summed E-state index contributed by atoms with van der Waals surface area (Å²) in [6.45, 7) is 0.614. The molecule has 20 heavy (non-hydrogen) atoms. The molecule has 8 heteroatoms. The normalized spacial score (nSPS) is 11.7. The fraction of sp³-hybridized carbons (Fsp3) is 0.250. The molecule has 0 aliphatic heterocycles. The van der Waals surface area contributed by atoms with E-state index in [0.29, 0.717) is 17.3 Å². The van der Waals surface area contributed by atoms with E-state index in [-0.39, 0.29) is 11.4 Å². The van der Waals surface area contributed by atoms with Gasteiger partial charge in [0.1, 0.15) is 0 Å². The summed E-state index contributed by atoms with van der Waals surface area (Å²) in [5, 5.41) is 6.87. The lowest BCUT2D eigenvalue weighted by atomic mass is 10.2. The van der Waals surface area contributed by atoms with E-state index in [9.17, 15) is 8.42 Å². The van der Waals surface area contributed by atoms with Crippen molar-refractivity contribution in [1.82, 2.24) is 15.2 Å². The third-order valence-electron chi connectivity index (χ3n) is 2.63. The Hall–Kier alpha value is -1.41. The molecule has 0 unspecified atom stereocenters. The monoisotopic (exact) mass is 315 g/mol. The first kappa shape index (κ1) is 15.0. The van der Waals surface area contributed by atoms with Crippen LogP contribution in [0.5, 0.6) is 0 Å². The van der Waals surface area contributed by atoms with Gasteiger partial charge in [-0.15, -0.1) is 0 Å². The van der Waals surface area contributed by atoms with Crippen LogP contribution in [-0.2, 0) is 23.1 Å². The Labute approximate surface area is 122 Å². The highest BCUT2D eigenvalue weighted by Gasteiger charge is 2.16. The molecule has 1 aromatic heterocycles. The van der Waals surface area contributed by atoms with Gasteiger partial charge in [-0.2, -0.15) is 0 Å². The summed E-state index contributed by atoms with van der Waals surface area (Å²) in [5.74, 6) is 0.437. The minimum Gasteiger partial charge on any atom is -0.360 e. The number of rotatable bonds is 6. The lowest BCUT2D eigenvalue weighted by Crippen LogP contribution is -2.23. The molecular weight excluding hydrogens is 302 g/mol. The van der Waals surface area contributed by atoms with E-state index in [2.05, 4.69) is 15.2 Å². The van der Waals surface area contributed by atoms with Crippen molar-refractivity contribution in [2.24, 2.45) is 0 Å². The highest BCUT2D eigenvalue weighted by Crippen LogP contribution is 2.20. The number of nitrogens with zero attached hydrogens (tertiary/aromatic N) is 1. The Kier molecular flexibility index (Phi) is 4.77. The van der Waals surface area contributed by atoms with Crippen LogP contribution in [-0.4, -0.2) is 20.6 Å². The maximum absolute atomic E-state index is 12.1. The minimum atomic E-state index is -3.63. The third kappa shape index (κ3) is 3.57. The second-order valence-corrected chi connectivity index (χ2v) is 6.26. The zero-order valence-electron chi connectivity index (χ0n) is 10.8. The fourth-order valence-corrected chi connectivity index (χ4v) is 2.94. The summed E-state index contributed by atoms with van der Waals surface area (Å²) < 4.78 is 31.5. The van der Waals surface area contributed by atoms with Crippen LogP contribution in [0.2, 0.25) is 5.02 Å². The minimum absolute atomic E-state index is 0.0399. The van der Waals surface area contributed by atoms with Crippen LogP contribution in [0.25, 0.3) is 0 Å². The summed E-state index contributed by atoms with van der Waals surface area (Å²) in [6, 6.07) is 6.21. The molecule has 1 heterocycles. The molecule has 0 aliphatic carbocycles. The fourth-order valence-electron chi connectivity index (χ4n) is 1.61. The van der Waals surface area contributed by atoms with Gasteiger partial charge in [-0.1, -0.05) is 22.8 Å². The summed E-state index contributed by atoms with van der Waals surface area (Å²) in [7, 11) is -1.84. The van der Waals surface area contributed by atoms with Gasteiger partial charge in [0, 0.05) is 17.6 Å². The zero-order valence-corrected chi connectivity index (χ0v) is 12.3. The summed E-state index contributed by atoms with van der Waals surface area (Å²) in [4.78, 5) is 0.113. The second-order valence-electron chi connectivity index (χ2n) is 4.09. The van der Waals surface area contributed by atoms with Crippen molar-refractivity contribution in [3.05, 3.63) is 46.8 Å². The second kappa shape index (κ2) is 6.36. The molecule has 0 atom stereocenters. The van der Waals surface area contributed by atoms with Crippen molar-refractivity contribution >= 4 is 21.6 Å². The van der Waals surface area contributed by atoms with E-state index < -0.39 is 10.0 Å². The average molecular weight is 316 g/mol. The molecule has 2 N–H and O–H groups in total. The maximum atomic E-state index is 12.1. The average Bonchev–Trinajstić information content (AvgIpc) is 2.92. The van der Waals surface area contributed by atoms with Gasteiger partial charge in [-0.3, -0.25) is 0 Å². The topological polar surface area (TPSA) is 84.2 Å². The Bertz CT molecular complexity index is 671. The van der Waals surface area contributed by atoms with Crippen LogP contribution in [0.15, 0.2) is 39.9 Å². The maximum Gasteiger partial charge on any atom is 0.241 e. The number of aromatic nitrogens is 1. The van der Waals surface area contributed by atoms with Crippen LogP contribution in [0.1, 0.15) is 11.3 Å². The van der Waals surface area contributed by atoms with Crippen molar-refractivity contribution in [3.63, 3.8) is 0 Å². The van der Waals surface area contributed by atoms with Gasteiger partial charge in [0.15, 0.2) is 5.76 Å². The Morgan fingerprint density at radius 3 is 2.70 bits per heavy atom. The van der Waals surface area contributed by atoms with Crippen LogP contribution in [0, 0.1) is 0 Å². The first-order valence-electron chi connectivity index (χ1n) is 5.85. The van der Waals surface area contributed by atoms with Gasteiger partial charge in [-0.25, -0.2) is 13.1 Å². The molecule has 0 spiro atoms. The summed E-state index contributed by atoms with van der Waals surface area (Å²) in [6.07, 6.45) is 1.45. The molecule has 0 bridgehead atoms. The van der Waals surface area contributed by atoms with Crippen LogP contribution in [0.3, 0.4) is 0 Å². The largest absolute Gasteiger partial charge is 0.360 e. The molecule has 108 valence electrons. The number of hydrogen-bond donors (Lipinski definition) is 2. The van der Waals surface area contributed by atoms with Gasteiger partial charge in [0.2, 0.25) is 10.0 Å². The Morgan fingerprint density at radius 2 is 2.10 bits per heavy atom. The molecule has 0 radical (unpaired) electrons. The van der Waals surface area contributed by atoms with Crippen molar-refractivity contribution in [1.29, 1.82) is 0 Å². The number of benzene rings is 1. The molecule has 1 aromatic carbocycles. The number of nitrogens with one attached hydrogen (secondary N) is 2. The van der Waals surface area contributed by atoms with Gasteiger partial charge >= 0.3 is 0 Å². The van der Waals surface area contributed by atoms with Crippen molar-refractivity contribution < 1.29 is 12.9 Å². The zero-order chi connectivity index (χ0) is 14.6. The Balaban J connectivity index is 2.14. The van der Waals surface area contributed by atoms with Crippen LogP contribution < -0.4 is 10.0 Å². The van der Waals surface area contributed by atoms with Gasteiger partial charge in [0.05, 0.1) is 17.6 Å². The molecule has 0 fully saturated rings. The molecule has 2 aromatic rings. The van der Waals surface area contributed by atoms with Crippen molar-refractivity contribution in [2.45, 2.75) is 18.0 Å². The van der Waals surface area contributed by atoms with Gasteiger partial charge < -0.3 is 9.84 Å². The summed E-state index contributed by atoms with van der Waals surface area (Å²) >= 11 is 6.05. The smallest absolute Gasteiger partial charge is 0.241 e.